The van der Waals surface area contributed by atoms with Gasteiger partial charge in [-0.05, 0) is 25.9 Å². The summed E-state index contributed by atoms with van der Waals surface area (Å²) >= 11 is 0. The number of aromatic nitrogens is 2. The van der Waals surface area contributed by atoms with Crippen LogP contribution in [0.4, 0.5) is 0 Å². The quantitative estimate of drug-likeness (QED) is 0.601. The lowest BCUT2D eigenvalue weighted by Crippen LogP contribution is -2.30. The highest BCUT2D eigenvalue weighted by atomic mass is 15.2. The van der Waals surface area contributed by atoms with E-state index in [1.54, 1.807) is 0 Å². The van der Waals surface area contributed by atoms with Crippen molar-refractivity contribution in [1.82, 2.24) is 9.47 Å². The van der Waals surface area contributed by atoms with Crippen molar-refractivity contribution in [1.29, 1.82) is 0 Å². The minimum Gasteiger partial charge on any atom is -0.299 e. The Morgan fingerprint density at radius 3 is 2.18 bits per heavy atom. The van der Waals surface area contributed by atoms with E-state index in [2.05, 4.69) is 53.7 Å². The smallest absolute Gasteiger partial charge is 0.243 e. The number of hydrogen-bond donors (Lipinski definition) is 0. The summed E-state index contributed by atoms with van der Waals surface area (Å²) in [5, 5.41) is 0. The summed E-state index contributed by atoms with van der Waals surface area (Å²) in [6.45, 7) is 9.32. The van der Waals surface area contributed by atoms with E-state index in [9.17, 15) is 0 Å². The van der Waals surface area contributed by atoms with Crippen LogP contribution in [0.15, 0.2) is 18.7 Å². The molecule has 1 rings (SSSR count). The van der Waals surface area contributed by atoms with Gasteiger partial charge >= 0.3 is 0 Å². The predicted molar refractivity (Wildman–Crippen MR) is 71.9 cm³/mol. The second-order valence-electron chi connectivity index (χ2n) is 4.87. The summed E-state index contributed by atoms with van der Waals surface area (Å²) in [5.41, 5.74) is 0. The Bertz CT molecular complexity index is 285. The van der Waals surface area contributed by atoms with Gasteiger partial charge in [-0.15, -0.1) is 0 Å². The summed E-state index contributed by atoms with van der Waals surface area (Å²) < 4.78 is 4.37. The molecule has 0 atom stereocenters. The minimum atomic E-state index is 1.11. The number of hydrogen-bond acceptors (Lipinski definition) is 1. The van der Waals surface area contributed by atoms with Crippen LogP contribution >= 0.6 is 0 Å². The number of unbranched alkanes of at least 4 members (excludes halogenated alkanes) is 2. The molecule has 1 heterocycles. The van der Waals surface area contributed by atoms with Crippen molar-refractivity contribution in [2.75, 3.05) is 19.6 Å². The lowest BCUT2D eigenvalue weighted by molar-refractivity contribution is -0.671. The first-order valence-corrected chi connectivity index (χ1v) is 6.99. The highest BCUT2D eigenvalue weighted by molar-refractivity contribution is 4.67. The summed E-state index contributed by atoms with van der Waals surface area (Å²) in [7, 11) is 2.07. The molecule has 0 aliphatic carbocycles. The fourth-order valence-corrected chi connectivity index (χ4v) is 1.99. The summed E-state index contributed by atoms with van der Waals surface area (Å²) in [6, 6.07) is 0. The van der Waals surface area contributed by atoms with Crippen molar-refractivity contribution >= 4 is 0 Å². The highest BCUT2D eigenvalue weighted by Gasteiger charge is 2.06. The Balaban J connectivity index is 2.31. The zero-order valence-corrected chi connectivity index (χ0v) is 11.7. The Morgan fingerprint density at radius 2 is 1.71 bits per heavy atom. The van der Waals surface area contributed by atoms with E-state index in [1.165, 1.54) is 45.3 Å². The van der Waals surface area contributed by atoms with Crippen molar-refractivity contribution in [3.05, 3.63) is 18.7 Å². The molecule has 0 fully saturated rings. The maximum absolute atomic E-state index is 2.60. The molecule has 1 aromatic heterocycles. The zero-order valence-electron chi connectivity index (χ0n) is 11.7. The monoisotopic (exact) mass is 238 g/mol. The zero-order chi connectivity index (χ0) is 12.5. The first-order chi connectivity index (χ1) is 8.26. The van der Waals surface area contributed by atoms with Crippen LogP contribution < -0.4 is 4.57 Å². The molecule has 98 valence electrons. The average Bonchev–Trinajstić information content (AvgIpc) is 2.74. The van der Waals surface area contributed by atoms with Crippen LogP contribution in [-0.2, 0) is 13.6 Å². The fourth-order valence-electron chi connectivity index (χ4n) is 1.99. The van der Waals surface area contributed by atoms with E-state index in [1.807, 2.05) is 0 Å². The van der Waals surface area contributed by atoms with E-state index in [0.717, 1.165) is 6.54 Å². The maximum Gasteiger partial charge on any atom is 0.243 e. The minimum absolute atomic E-state index is 1.11. The van der Waals surface area contributed by atoms with Crippen LogP contribution in [0, 0.1) is 0 Å². The first-order valence-electron chi connectivity index (χ1n) is 6.99. The molecule has 3 heteroatoms. The second kappa shape index (κ2) is 8.29. The predicted octanol–water partition coefficient (Wildman–Crippen LogP) is 2.21. The van der Waals surface area contributed by atoms with Crippen LogP contribution in [0.1, 0.15) is 39.5 Å². The Hall–Kier alpha value is -0.830. The molecule has 0 saturated heterocycles. The van der Waals surface area contributed by atoms with Gasteiger partial charge in [0.25, 0.3) is 0 Å². The highest BCUT2D eigenvalue weighted by Crippen LogP contribution is 2.00. The number of rotatable bonds is 9. The fraction of sp³-hybridized carbons (Fsp3) is 0.786. The molecule has 0 spiro atoms. The van der Waals surface area contributed by atoms with Crippen molar-refractivity contribution in [2.24, 2.45) is 7.05 Å². The molecule has 0 aromatic carbocycles. The van der Waals surface area contributed by atoms with Gasteiger partial charge in [0.05, 0.1) is 7.05 Å². The molecule has 0 bridgehead atoms. The molecule has 0 aliphatic rings. The standard InChI is InChI=1S/C14H28N3/c1-4-6-8-16(9-7-5-2)12-13-17-11-10-15(3)14-17/h10-11,14H,4-9,12-13H2,1-3H3/q+1. The van der Waals surface area contributed by atoms with Gasteiger partial charge in [-0.3, -0.25) is 4.90 Å². The maximum atomic E-state index is 2.60. The molecule has 0 saturated carbocycles. The van der Waals surface area contributed by atoms with Gasteiger partial charge in [-0.25, -0.2) is 9.13 Å². The van der Waals surface area contributed by atoms with Gasteiger partial charge in [-0.1, -0.05) is 26.7 Å². The topological polar surface area (TPSA) is 12.1 Å². The largest absolute Gasteiger partial charge is 0.299 e. The molecule has 0 amide bonds. The third-order valence-electron chi connectivity index (χ3n) is 3.15. The van der Waals surface area contributed by atoms with E-state index in [-0.39, 0.29) is 0 Å². The van der Waals surface area contributed by atoms with Gasteiger partial charge in [0.15, 0.2) is 0 Å². The third-order valence-corrected chi connectivity index (χ3v) is 3.15. The normalized spacial score (nSPS) is 11.3. The second-order valence-corrected chi connectivity index (χ2v) is 4.87. The summed E-state index contributed by atoms with van der Waals surface area (Å²) in [5.74, 6) is 0. The van der Waals surface area contributed by atoms with Gasteiger partial charge in [0, 0.05) is 6.54 Å². The van der Waals surface area contributed by atoms with Crippen molar-refractivity contribution in [3.63, 3.8) is 0 Å². The van der Waals surface area contributed by atoms with Crippen LogP contribution in [0.25, 0.3) is 0 Å². The Morgan fingerprint density at radius 1 is 1.06 bits per heavy atom. The van der Waals surface area contributed by atoms with Gasteiger partial charge in [-0.2, -0.15) is 0 Å². The van der Waals surface area contributed by atoms with E-state index in [0.29, 0.717) is 0 Å². The summed E-state index contributed by atoms with van der Waals surface area (Å²) in [6.07, 6.45) is 11.6. The lowest BCUT2D eigenvalue weighted by Gasteiger charge is -2.20. The van der Waals surface area contributed by atoms with Crippen LogP contribution in [0.5, 0.6) is 0 Å². The van der Waals surface area contributed by atoms with Crippen molar-refractivity contribution < 1.29 is 4.57 Å². The van der Waals surface area contributed by atoms with Gasteiger partial charge in [0.2, 0.25) is 6.33 Å². The van der Waals surface area contributed by atoms with Gasteiger partial charge < -0.3 is 0 Å². The molecule has 0 unspecified atom stereocenters. The lowest BCUT2D eigenvalue weighted by atomic mass is 10.2. The molecule has 1 aromatic rings. The first kappa shape index (κ1) is 14.2. The average molecular weight is 238 g/mol. The van der Waals surface area contributed by atoms with Crippen LogP contribution in [0.3, 0.4) is 0 Å². The van der Waals surface area contributed by atoms with Crippen molar-refractivity contribution in [3.8, 4) is 0 Å². The van der Waals surface area contributed by atoms with E-state index >= 15 is 0 Å². The van der Waals surface area contributed by atoms with Crippen LogP contribution in [0.2, 0.25) is 0 Å². The van der Waals surface area contributed by atoms with E-state index < -0.39 is 0 Å². The molecule has 0 aliphatic heterocycles. The van der Waals surface area contributed by atoms with Crippen LogP contribution in [-0.4, -0.2) is 29.1 Å². The number of aryl methyl sites for hydroxylation is 1. The molecular formula is C14H28N3+. The Kier molecular flexibility index (Phi) is 6.94. The molecule has 3 nitrogen and oxygen atoms in total. The molecule has 17 heavy (non-hydrogen) atoms. The summed E-state index contributed by atoms with van der Waals surface area (Å²) in [4.78, 5) is 2.60. The van der Waals surface area contributed by atoms with Gasteiger partial charge in [0.1, 0.15) is 18.9 Å². The van der Waals surface area contributed by atoms with E-state index in [4.69, 9.17) is 0 Å². The third kappa shape index (κ3) is 5.87. The number of imidazole rings is 1. The molecule has 0 N–H and O–H groups in total. The molecular weight excluding hydrogens is 210 g/mol. The number of nitrogens with zero attached hydrogens (tertiary/aromatic N) is 3. The van der Waals surface area contributed by atoms with Crippen molar-refractivity contribution in [2.45, 2.75) is 46.1 Å². The Labute approximate surface area is 106 Å². The SMILES string of the molecule is CCCCN(CCCC)CCn1cc[n+](C)c1. The molecule has 0 radical (unpaired) electrons.